The number of Topliss-reactive ketones (excluding diaryl/α,β-unsaturated/α-hetero) is 1. The number of aliphatic hydroxyl groups is 1. The summed E-state index contributed by atoms with van der Waals surface area (Å²) in [5.41, 5.74) is -1.51. The summed E-state index contributed by atoms with van der Waals surface area (Å²) < 4.78 is 11.0. The molecule has 30 heavy (non-hydrogen) atoms. The van der Waals surface area contributed by atoms with Crippen molar-refractivity contribution in [3.8, 4) is 0 Å². The Labute approximate surface area is 174 Å². The molecule has 0 bridgehead atoms. The average molecular weight is 420 g/mol. The number of rotatable bonds is 7. The zero-order valence-electron chi connectivity index (χ0n) is 17.7. The molecule has 1 fully saturated rings. The SMILES string of the molecule is CC(=O)OCC1(C)C=C2C(=O)[C@](C)(O)C3(CC3)C(C)=C2C1OC(=O)CCCC(=O)O. The molecule has 2 unspecified atom stereocenters. The van der Waals surface area contributed by atoms with Crippen LogP contribution in [0.2, 0.25) is 0 Å². The summed E-state index contributed by atoms with van der Waals surface area (Å²) in [5.74, 6) is -2.50. The van der Waals surface area contributed by atoms with Gasteiger partial charge < -0.3 is 19.7 Å². The molecule has 8 heteroatoms. The number of ketones is 1. The summed E-state index contributed by atoms with van der Waals surface area (Å²) >= 11 is 0. The van der Waals surface area contributed by atoms with Gasteiger partial charge in [-0.05, 0) is 40.0 Å². The number of carboxylic acid groups (broad SMARTS) is 1. The van der Waals surface area contributed by atoms with E-state index in [1.54, 1.807) is 13.0 Å². The van der Waals surface area contributed by atoms with Gasteiger partial charge in [0.05, 0.1) is 5.41 Å². The van der Waals surface area contributed by atoms with Gasteiger partial charge >= 0.3 is 17.9 Å². The zero-order chi connectivity index (χ0) is 22.5. The number of carbonyl (C=O) groups is 4. The van der Waals surface area contributed by atoms with Gasteiger partial charge in [0, 0.05) is 36.3 Å². The minimum atomic E-state index is -1.55. The highest BCUT2D eigenvalue weighted by molar-refractivity contribution is 6.09. The summed E-state index contributed by atoms with van der Waals surface area (Å²) in [6.45, 7) is 6.28. The van der Waals surface area contributed by atoms with E-state index >= 15 is 0 Å². The van der Waals surface area contributed by atoms with Crippen molar-refractivity contribution in [1.29, 1.82) is 0 Å². The van der Waals surface area contributed by atoms with Crippen LogP contribution in [-0.4, -0.2) is 52.2 Å². The number of ether oxygens (including phenoxy) is 2. The molecule has 0 aromatic heterocycles. The molecule has 1 spiro atoms. The highest BCUT2D eigenvalue weighted by Gasteiger charge is 2.67. The van der Waals surface area contributed by atoms with Crippen molar-refractivity contribution in [2.75, 3.05) is 6.61 Å². The lowest BCUT2D eigenvalue weighted by molar-refractivity contribution is -0.155. The normalized spacial score (nSPS) is 31.3. The third-order valence-electron chi connectivity index (χ3n) is 6.72. The number of hydrogen-bond acceptors (Lipinski definition) is 7. The van der Waals surface area contributed by atoms with Gasteiger partial charge in [-0.2, -0.15) is 0 Å². The van der Waals surface area contributed by atoms with Crippen LogP contribution in [0.4, 0.5) is 0 Å². The first-order valence-corrected chi connectivity index (χ1v) is 10.1. The van der Waals surface area contributed by atoms with Crippen LogP contribution < -0.4 is 0 Å². The van der Waals surface area contributed by atoms with Crippen LogP contribution in [0.15, 0.2) is 22.8 Å². The molecule has 0 aromatic rings. The molecule has 1 saturated carbocycles. The number of esters is 2. The lowest BCUT2D eigenvalue weighted by Crippen LogP contribution is -2.50. The smallest absolute Gasteiger partial charge is 0.306 e. The molecule has 3 rings (SSSR count). The Morgan fingerprint density at radius 3 is 2.37 bits per heavy atom. The number of carbonyl (C=O) groups excluding carboxylic acids is 3. The van der Waals surface area contributed by atoms with Crippen LogP contribution in [0.3, 0.4) is 0 Å². The van der Waals surface area contributed by atoms with Crippen molar-refractivity contribution in [2.45, 2.75) is 71.5 Å². The van der Waals surface area contributed by atoms with E-state index in [9.17, 15) is 24.3 Å². The van der Waals surface area contributed by atoms with E-state index < -0.39 is 46.2 Å². The number of hydrogen-bond donors (Lipinski definition) is 2. The van der Waals surface area contributed by atoms with Gasteiger partial charge in [-0.15, -0.1) is 0 Å². The average Bonchev–Trinajstić information content (AvgIpc) is 3.40. The van der Waals surface area contributed by atoms with Crippen LogP contribution in [0, 0.1) is 10.8 Å². The van der Waals surface area contributed by atoms with Gasteiger partial charge in [0.25, 0.3) is 0 Å². The highest BCUT2D eigenvalue weighted by atomic mass is 16.6. The summed E-state index contributed by atoms with van der Waals surface area (Å²) in [6, 6.07) is 0. The molecule has 0 radical (unpaired) electrons. The number of aliphatic carboxylic acids is 1. The van der Waals surface area contributed by atoms with Gasteiger partial charge in [-0.3, -0.25) is 19.2 Å². The van der Waals surface area contributed by atoms with E-state index in [1.807, 2.05) is 6.92 Å². The van der Waals surface area contributed by atoms with E-state index in [0.717, 1.165) is 5.57 Å². The first-order valence-electron chi connectivity index (χ1n) is 10.1. The second-order valence-electron chi connectivity index (χ2n) is 8.98. The molecule has 0 aliphatic heterocycles. The van der Waals surface area contributed by atoms with E-state index in [2.05, 4.69) is 0 Å². The topological polar surface area (TPSA) is 127 Å². The number of fused-ring (bicyclic) bond motifs is 1. The Balaban J connectivity index is 1.97. The van der Waals surface area contributed by atoms with E-state index in [-0.39, 0.29) is 25.9 Å². The third kappa shape index (κ3) is 3.47. The second kappa shape index (κ2) is 7.34. The minimum absolute atomic E-state index is 0.0785. The van der Waals surface area contributed by atoms with E-state index in [4.69, 9.17) is 14.6 Å². The first kappa shape index (κ1) is 22.2. The highest BCUT2D eigenvalue weighted by Crippen LogP contribution is 2.65. The summed E-state index contributed by atoms with van der Waals surface area (Å²) in [6.07, 6.45) is 2.00. The fourth-order valence-electron chi connectivity index (χ4n) is 4.77. The Bertz CT molecular complexity index is 874. The summed E-state index contributed by atoms with van der Waals surface area (Å²) in [4.78, 5) is 47.8. The molecule has 0 aromatic carbocycles. The Kier molecular flexibility index (Phi) is 5.43. The van der Waals surface area contributed by atoms with Crippen LogP contribution in [0.25, 0.3) is 0 Å². The molecule has 2 N–H and O–H groups in total. The molecule has 3 aliphatic rings. The van der Waals surface area contributed by atoms with E-state index in [0.29, 0.717) is 24.0 Å². The molecule has 0 amide bonds. The van der Waals surface area contributed by atoms with Gasteiger partial charge in [-0.25, -0.2) is 0 Å². The van der Waals surface area contributed by atoms with Crippen molar-refractivity contribution in [2.24, 2.45) is 10.8 Å². The van der Waals surface area contributed by atoms with Crippen LogP contribution in [0.1, 0.15) is 59.8 Å². The fraction of sp³-hybridized carbons (Fsp3) is 0.636. The van der Waals surface area contributed by atoms with Crippen molar-refractivity contribution in [1.82, 2.24) is 0 Å². The van der Waals surface area contributed by atoms with Gasteiger partial charge in [0.2, 0.25) is 0 Å². The van der Waals surface area contributed by atoms with Crippen molar-refractivity contribution in [3.63, 3.8) is 0 Å². The summed E-state index contributed by atoms with van der Waals surface area (Å²) in [5, 5.41) is 19.8. The van der Waals surface area contributed by atoms with Crippen LogP contribution in [0.5, 0.6) is 0 Å². The quantitative estimate of drug-likeness (QED) is 0.600. The maximum atomic E-state index is 13.2. The van der Waals surface area contributed by atoms with Crippen LogP contribution in [-0.2, 0) is 28.7 Å². The van der Waals surface area contributed by atoms with Gasteiger partial charge in [-0.1, -0.05) is 11.6 Å². The summed E-state index contributed by atoms with van der Waals surface area (Å²) in [7, 11) is 0. The van der Waals surface area contributed by atoms with E-state index in [1.165, 1.54) is 13.8 Å². The minimum Gasteiger partial charge on any atom is -0.481 e. The maximum Gasteiger partial charge on any atom is 0.306 e. The Morgan fingerprint density at radius 2 is 1.83 bits per heavy atom. The first-order chi connectivity index (χ1) is 13.9. The van der Waals surface area contributed by atoms with Crippen molar-refractivity contribution >= 4 is 23.7 Å². The zero-order valence-corrected chi connectivity index (χ0v) is 17.7. The molecule has 164 valence electrons. The molecule has 0 heterocycles. The molecule has 0 saturated heterocycles. The molecule has 8 nitrogen and oxygen atoms in total. The van der Waals surface area contributed by atoms with Gasteiger partial charge in [0.1, 0.15) is 18.3 Å². The Hall–Kier alpha value is -2.48. The molecule has 3 atom stereocenters. The fourth-order valence-corrected chi connectivity index (χ4v) is 4.77. The lowest BCUT2D eigenvalue weighted by Gasteiger charge is -2.40. The maximum absolute atomic E-state index is 13.2. The van der Waals surface area contributed by atoms with Crippen molar-refractivity contribution in [3.05, 3.63) is 22.8 Å². The third-order valence-corrected chi connectivity index (χ3v) is 6.72. The lowest BCUT2D eigenvalue weighted by atomic mass is 9.67. The van der Waals surface area contributed by atoms with Gasteiger partial charge in [0.15, 0.2) is 5.78 Å². The monoisotopic (exact) mass is 420 g/mol. The Morgan fingerprint density at radius 1 is 1.20 bits per heavy atom. The van der Waals surface area contributed by atoms with Crippen molar-refractivity contribution < 1.29 is 38.9 Å². The predicted molar refractivity (Wildman–Crippen MR) is 104 cm³/mol. The predicted octanol–water partition coefficient (Wildman–Crippen LogP) is 2.09. The molecular weight excluding hydrogens is 392 g/mol. The molecular formula is C22H28O8. The second-order valence-corrected chi connectivity index (χ2v) is 8.98. The van der Waals surface area contributed by atoms with Crippen LogP contribution >= 0.6 is 0 Å². The standard InChI is InChI=1S/C22H28O8/c1-12-17-14(18(27)21(4,28)22(12)8-9-22)10-20(3,11-29-13(2)23)19(17)30-16(26)7-5-6-15(24)25/h10,19,28H,5-9,11H2,1-4H3,(H,24,25)/t19?,20?,21-/m0/s1. The molecule has 3 aliphatic carbocycles. The largest absolute Gasteiger partial charge is 0.481 e. The number of carboxylic acids is 1.